The first-order valence-electron chi connectivity index (χ1n) is 21.4. The van der Waals surface area contributed by atoms with Crippen LogP contribution in [-0.2, 0) is 19.2 Å². The van der Waals surface area contributed by atoms with Crippen molar-refractivity contribution in [2.24, 2.45) is 39.2 Å². The Balaban J connectivity index is 1.12. The van der Waals surface area contributed by atoms with Gasteiger partial charge >= 0.3 is 6.03 Å². The molecule has 5 amide bonds. The molecule has 2 aliphatic heterocycles. The molecule has 5 N–H and O–H groups in total. The molecule has 4 saturated carbocycles. The van der Waals surface area contributed by atoms with Gasteiger partial charge in [0.1, 0.15) is 18.1 Å². The minimum absolute atomic E-state index is 0.0205. The average Bonchev–Trinajstić information content (AvgIpc) is 3.51. The Morgan fingerprint density at radius 3 is 2.13 bits per heavy atom. The van der Waals surface area contributed by atoms with E-state index in [4.69, 9.17) is 5.73 Å². The highest BCUT2D eigenvalue weighted by Crippen LogP contribution is 2.77. The first-order valence-corrected chi connectivity index (χ1v) is 21.4. The third kappa shape index (κ3) is 6.77. The first kappa shape index (κ1) is 40.1. The van der Waals surface area contributed by atoms with E-state index in [1.807, 2.05) is 25.7 Å². The molecule has 6 fully saturated rings. The molecule has 5 aliphatic carbocycles. The van der Waals surface area contributed by atoms with Gasteiger partial charge in [0, 0.05) is 31.7 Å². The summed E-state index contributed by atoms with van der Waals surface area (Å²) in [7, 11) is 2.08. The molecule has 0 aromatic carbocycles. The molecule has 6 atom stereocenters. The standard InChI is InChI=1S/C43H69N7O5/c1-39(2,3)34(47-38(55)46-32(26-13-10-9-11-14-26)36(53)49-20-19-48(8)40(4,5)24-49)37(54)50-25-43(23-42(17-12-18-42)41(43,6)7)22-30(50)35(52)45-29-21-27-15-16-28(27)31(44)33(29)51/h26-27,29-30,32,34H,9-25,44H2,1-8H3,(H,45,52)(H2,46,47,55)/t27?,29?,30?,32-,34-,43?/m0/s1. The zero-order valence-electron chi connectivity index (χ0n) is 34.9. The average molecular weight is 764 g/mol. The predicted molar refractivity (Wildman–Crippen MR) is 211 cm³/mol. The first-order chi connectivity index (χ1) is 25.7. The van der Waals surface area contributed by atoms with Crippen LogP contribution >= 0.6 is 0 Å². The van der Waals surface area contributed by atoms with E-state index in [9.17, 15) is 19.2 Å². The number of likely N-dealkylation sites (tertiary alicyclic amines) is 1. The fraction of sp³-hybridized carbons (Fsp3) is 0.837. The van der Waals surface area contributed by atoms with Crippen molar-refractivity contribution in [2.45, 2.75) is 162 Å². The SMILES string of the molecule is CN1CCN(C(=O)[C@@H](NC(=O)N[C@@H](C(=O)N2CC3(CC2C(=O)NC2CC4CCC4=C(N)C2=O)CC2(CCC2)C3(C)C)C(C)(C)C)C2CCCCC2)CC1(C)C. The van der Waals surface area contributed by atoms with Crippen molar-refractivity contribution in [1.29, 1.82) is 0 Å². The van der Waals surface area contributed by atoms with Crippen molar-refractivity contribution in [3.63, 3.8) is 0 Å². The lowest BCUT2D eigenvalue weighted by Crippen LogP contribution is -2.67. The zero-order valence-corrected chi connectivity index (χ0v) is 34.9. The van der Waals surface area contributed by atoms with E-state index in [0.717, 1.165) is 76.3 Å². The quantitative estimate of drug-likeness (QED) is 0.298. The molecule has 12 nitrogen and oxygen atoms in total. The van der Waals surface area contributed by atoms with Crippen molar-refractivity contribution in [3.8, 4) is 0 Å². The second-order valence-corrected chi connectivity index (χ2v) is 21.0. The number of nitrogens with zero attached hydrogens (tertiary/aromatic N) is 3. The van der Waals surface area contributed by atoms with E-state index in [1.165, 1.54) is 6.42 Å². The van der Waals surface area contributed by atoms with Gasteiger partial charge in [-0.1, -0.05) is 60.3 Å². The predicted octanol–water partition coefficient (Wildman–Crippen LogP) is 4.47. The number of piperazine rings is 1. The molecule has 55 heavy (non-hydrogen) atoms. The summed E-state index contributed by atoms with van der Waals surface area (Å²) in [6, 6.07) is -3.68. The summed E-state index contributed by atoms with van der Waals surface area (Å²) in [6.07, 6.45) is 12.2. The molecule has 12 heteroatoms. The van der Waals surface area contributed by atoms with Gasteiger partial charge in [-0.05, 0) is 118 Å². The molecule has 306 valence electrons. The van der Waals surface area contributed by atoms with Gasteiger partial charge in [0.25, 0.3) is 0 Å². The topological polar surface area (TPSA) is 157 Å². The lowest BCUT2D eigenvalue weighted by molar-refractivity contribution is -0.231. The third-order valence-corrected chi connectivity index (χ3v) is 16.4. The molecule has 2 saturated heterocycles. The molecule has 4 unspecified atom stereocenters. The van der Waals surface area contributed by atoms with E-state index >= 15 is 4.79 Å². The Morgan fingerprint density at radius 2 is 1.56 bits per heavy atom. The van der Waals surface area contributed by atoms with Crippen LogP contribution in [0.4, 0.5) is 4.79 Å². The number of ketones is 1. The Labute approximate surface area is 328 Å². The van der Waals surface area contributed by atoms with Crippen LogP contribution in [0.3, 0.4) is 0 Å². The Morgan fingerprint density at radius 1 is 0.873 bits per heavy atom. The summed E-state index contributed by atoms with van der Waals surface area (Å²) >= 11 is 0. The second-order valence-electron chi connectivity index (χ2n) is 21.0. The van der Waals surface area contributed by atoms with Crippen LogP contribution in [0, 0.1) is 33.5 Å². The second kappa shape index (κ2) is 14.0. The Hall–Kier alpha value is -3.15. The molecule has 0 aromatic heterocycles. The number of hydrogen-bond acceptors (Lipinski definition) is 7. The monoisotopic (exact) mass is 764 g/mol. The van der Waals surface area contributed by atoms with E-state index in [0.29, 0.717) is 38.2 Å². The maximum atomic E-state index is 15.0. The van der Waals surface area contributed by atoms with Gasteiger partial charge in [-0.15, -0.1) is 0 Å². The largest absolute Gasteiger partial charge is 0.396 e. The fourth-order valence-corrected chi connectivity index (χ4v) is 11.8. The van der Waals surface area contributed by atoms with Crippen molar-refractivity contribution in [2.75, 3.05) is 33.2 Å². The number of nitrogens with one attached hydrogen (secondary N) is 3. The number of likely N-dealkylation sites (N-methyl/N-ethyl adjacent to an activating group) is 1. The number of carbonyl (C=O) groups excluding carboxylic acids is 5. The smallest absolute Gasteiger partial charge is 0.316 e. The Bertz CT molecular complexity index is 1620. The highest BCUT2D eigenvalue weighted by Gasteiger charge is 2.73. The van der Waals surface area contributed by atoms with Gasteiger partial charge in [0.05, 0.1) is 11.7 Å². The summed E-state index contributed by atoms with van der Waals surface area (Å²) in [5.74, 6) is -0.664. The van der Waals surface area contributed by atoms with Gasteiger partial charge in [-0.25, -0.2) is 4.79 Å². The number of nitrogens with two attached hydrogens (primary N) is 1. The van der Waals surface area contributed by atoms with Gasteiger partial charge in [-0.2, -0.15) is 0 Å². The molecule has 0 bridgehead atoms. The molecule has 0 radical (unpaired) electrons. The number of urea groups is 1. The van der Waals surface area contributed by atoms with E-state index in [1.54, 1.807) is 4.90 Å². The lowest BCUT2D eigenvalue weighted by atomic mass is 9.32. The molecule has 7 rings (SSSR count). The van der Waals surface area contributed by atoms with Crippen LogP contribution < -0.4 is 21.7 Å². The maximum absolute atomic E-state index is 15.0. The van der Waals surface area contributed by atoms with E-state index in [2.05, 4.69) is 55.6 Å². The Kier molecular flexibility index (Phi) is 10.2. The van der Waals surface area contributed by atoms with Crippen molar-refractivity contribution >= 4 is 29.5 Å². The number of carbonyl (C=O) groups is 5. The van der Waals surface area contributed by atoms with Crippen LogP contribution in [0.15, 0.2) is 11.3 Å². The summed E-state index contributed by atoms with van der Waals surface area (Å²) < 4.78 is 0. The number of allylic oxidation sites excluding steroid dienone is 1. The number of amides is 5. The molecule has 0 aromatic rings. The minimum Gasteiger partial charge on any atom is -0.396 e. The minimum atomic E-state index is -0.962. The molecule has 2 spiro atoms. The number of Topliss-reactive ketones (excluding diaryl/α,β-unsaturated/α-hetero) is 1. The van der Waals surface area contributed by atoms with Crippen LogP contribution in [0.1, 0.15) is 132 Å². The highest BCUT2D eigenvalue weighted by molar-refractivity contribution is 6.03. The fourth-order valence-electron chi connectivity index (χ4n) is 11.8. The normalized spacial score (nSPS) is 32.5. The lowest BCUT2D eigenvalue weighted by Gasteiger charge is -2.72. The summed E-state index contributed by atoms with van der Waals surface area (Å²) in [5.41, 5.74) is 6.58. The third-order valence-electron chi connectivity index (χ3n) is 16.4. The number of rotatable bonds is 7. The van der Waals surface area contributed by atoms with E-state index in [-0.39, 0.29) is 57.1 Å². The van der Waals surface area contributed by atoms with Crippen molar-refractivity contribution in [1.82, 2.24) is 30.7 Å². The highest BCUT2D eigenvalue weighted by atomic mass is 16.2. The van der Waals surface area contributed by atoms with Crippen molar-refractivity contribution < 1.29 is 24.0 Å². The van der Waals surface area contributed by atoms with Crippen LogP contribution in [0.5, 0.6) is 0 Å². The zero-order chi connectivity index (χ0) is 39.9. The number of fused-ring (bicyclic) bond motifs is 1. The van der Waals surface area contributed by atoms with Gasteiger partial charge in [0.2, 0.25) is 23.5 Å². The van der Waals surface area contributed by atoms with Gasteiger partial charge in [-0.3, -0.25) is 24.1 Å². The summed E-state index contributed by atoms with van der Waals surface area (Å²) in [4.78, 5) is 77.1. The maximum Gasteiger partial charge on any atom is 0.316 e. The van der Waals surface area contributed by atoms with Gasteiger partial charge in [0.15, 0.2) is 0 Å². The van der Waals surface area contributed by atoms with E-state index < -0.39 is 35.6 Å². The molecular weight excluding hydrogens is 695 g/mol. The van der Waals surface area contributed by atoms with Gasteiger partial charge < -0.3 is 31.5 Å². The van der Waals surface area contributed by atoms with Crippen LogP contribution in [0.2, 0.25) is 0 Å². The molecule has 7 aliphatic rings. The molecular formula is C43H69N7O5. The summed E-state index contributed by atoms with van der Waals surface area (Å²) in [5, 5.41) is 9.21. The van der Waals surface area contributed by atoms with Crippen LogP contribution in [-0.4, -0.2) is 107 Å². The van der Waals surface area contributed by atoms with Crippen LogP contribution in [0.25, 0.3) is 0 Å². The van der Waals surface area contributed by atoms with Crippen molar-refractivity contribution in [3.05, 3.63) is 11.3 Å². The number of hydrogen-bond donors (Lipinski definition) is 4. The molecule has 2 heterocycles. The summed E-state index contributed by atoms with van der Waals surface area (Å²) in [6.45, 7) is 17.0.